The summed E-state index contributed by atoms with van der Waals surface area (Å²) >= 11 is 0. The molecule has 0 saturated heterocycles. The molecule has 3 nitrogen and oxygen atoms in total. The molecule has 0 spiro atoms. The number of carbonyl (C=O) groups excluding carboxylic acids is 1. The van der Waals surface area contributed by atoms with Crippen molar-refractivity contribution in [1.82, 2.24) is 10.6 Å². The molecule has 1 aromatic rings. The van der Waals surface area contributed by atoms with Crippen molar-refractivity contribution in [3.05, 3.63) is 35.4 Å². The first-order chi connectivity index (χ1) is 7.54. The Morgan fingerprint density at radius 1 is 1.44 bits per heavy atom. The molecule has 1 rings (SSSR count). The molecule has 0 heterocycles. The Labute approximate surface area is 92.8 Å². The van der Waals surface area contributed by atoms with Gasteiger partial charge in [-0.15, -0.1) is 0 Å². The summed E-state index contributed by atoms with van der Waals surface area (Å²) < 4.78 is 25.8. The second-order valence-corrected chi connectivity index (χ2v) is 3.52. The molecule has 1 amide bonds. The predicted octanol–water partition coefficient (Wildman–Crippen LogP) is 1.30. The minimum atomic E-state index is -0.852. The minimum absolute atomic E-state index is 0.0902. The van der Waals surface area contributed by atoms with Crippen LogP contribution in [0.4, 0.5) is 8.78 Å². The SMILES string of the molecule is CNC(C)CNC(=O)c1ccc(F)cc1F. The Hall–Kier alpha value is -1.49. The van der Waals surface area contributed by atoms with E-state index in [1.165, 1.54) is 0 Å². The van der Waals surface area contributed by atoms with Crippen molar-refractivity contribution >= 4 is 5.91 Å². The predicted molar refractivity (Wildman–Crippen MR) is 57.2 cm³/mol. The molecule has 0 aromatic heterocycles. The summed E-state index contributed by atoms with van der Waals surface area (Å²) in [4.78, 5) is 11.5. The number of halogens is 2. The Kier molecular flexibility index (Phi) is 4.37. The molecule has 16 heavy (non-hydrogen) atoms. The lowest BCUT2D eigenvalue weighted by Crippen LogP contribution is -2.37. The lowest BCUT2D eigenvalue weighted by molar-refractivity contribution is 0.0946. The highest BCUT2D eigenvalue weighted by Gasteiger charge is 2.12. The molecule has 0 saturated carbocycles. The summed E-state index contributed by atoms with van der Waals surface area (Å²) in [6, 6.07) is 2.97. The fourth-order valence-corrected chi connectivity index (χ4v) is 1.12. The highest BCUT2D eigenvalue weighted by molar-refractivity contribution is 5.94. The van der Waals surface area contributed by atoms with E-state index in [2.05, 4.69) is 10.6 Å². The van der Waals surface area contributed by atoms with Gasteiger partial charge < -0.3 is 10.6 Å². The molecule has 0 fully saturated rings. The van der Waals surface area contributed by atoms with Crippen LogP contribution >= 0.6 is 0 Å². The van der Waals surface area contributed by atoms with Gasteiger partial charge in [-0.25, -0.2) is 8.78 Å². The summed E-state index contributed by atoms with van der Waals surface area (Å²) in [7, 11) is 1.76. The Morgan fingerprint density at radius 2 is 2.12 bits per heavy atom. The number of nitrogens with one attached hydrogen (secondary N) is 2. The first-order valence-electron chi connectivity index (χ1n) is 4.95. The number of hydrogen-bond acceptors (Lipinski definition) is 2. The van der Waals surface area contributed by atoms with E-state index in [1.807, 2.05) is 6.92 Å². The van der Waals surface area contributed by atoms with Gasteiger partial charge in [-0.2, -0.15) is 0 Å². The van der Waals surface area contributed by atoms with Gasteiger partial charge in [0.15, 0.2) is 0 Å². The molecule has 0 radical (unpaired) electrons. The molecule has 1 atom stereocenters. The zero-order valence-corrected chi connectivity index (χ0v) is 9.18. The molecular weight excluding hydrogens is 214 g/mol. The quantitative estimate of drug-likeness (QED) is 0.815. The van der Waals surface area contributed by atoms with Gasteiger partial charge in [0, 0.05) is 18.7 Å². The van der Waals surface area contributed by atoms with Gasteiger partial charge >= 0.3 is 0 Å². The molecule has 0 aliphatic carbocycles. The van der Waals surface area contributed by atoms with E-state index in [4.69, 9.17) is 0 Å². The van der Waals surface area contributed by atoms with Gasteiger partial charge in [-0.1, -0.05) is 0 Å². The number of rotatable bonds is 4. The van der Waals surface area contributed by atoms with Crippen LogP contribution in [0.5, 0.6) is 0 Å². The van der Waals surface area contributed by atoms with E-state index in [-0.39, 0.29) is 11.6 Å². The van der Waals surface area contributed by atoms with Crippen LogP contribution in [0.25, 0.3) is 0 Å². The first kappa shape index (κ1) is 12.6. The van der Waals surface area contributed by atoms with E-state index in [9.17, 15) is 13.6 Å². The highest BCUT2D eigenvalue weighted by atomic mass is 19.1. The number of amides is 1. The Balaban J connectivity index is 2.66. The molecule has 2 N–H and O–H groups in total. The van der Waals surface area contributed by atoms with E-state index >= 15 is 0 Å². The van der Waals surface area contributed by atoms with Crippen LogP contribution in [0.1, 0.15) is 17.3 Å². The van der Waals surface area contributed by atoms with Crippen LogP contribution < -0.4 is 10.6 Å². The summed E-state index contributed by atoms with van der Waals surface area (Å²) in [6.45, 7) is 2.26. The van der Waals surface area contributed by atoms with Gasteiger partial charge in [-0.05, 0) is 26.1 Å². The highest BCUT2D eigenvalue weighted by Crippen LogP contribution is 2.09. The molecular formula is C11H14F2N2O. The first-order valence-corrected chi connectivity index (χ1v) is 4.95. The van der Waals surface area contributed by atoms with Crippen LogP contribution in [0.3, 0.4) is 0 Å². The minimum Gasteiger partial charge on any atom is -0.350 e. The third-order valence-electron chi connectivity index (χ3n) is 2.24. The Bertz CT molecular complexity index is 382. The van der Waals surface area contributed by atoms with Crippen LogP contribution in [0.2, 0.25) is 0 Å². The summed E-state index contributed by atoms with van der Waals surface area (Å²) in [5.41, 5.74) is -0.148. The van der Waals surface area contributed by atoms with Crippen molar-refractivity contribution in [2.45, 2.75) is 13.0 Å². The van der Waals surface area contributed by atoms with Crippen molar-refractivity contribution in [2.75, 3.05) is 13.6 Å². The number of hydrogen-bond donors (Lipinski definition) is 2. The second-order valence-electron chi connectivity index (χ2n) is 3.52. The molecule has 0 aliphatic rings. The van der Waals surface area contributed by atoms with Crippen molar-refractivity contribution in [3.8, 4) is 0 Å². The van der Waals surface area contributed by atoms with Crippen LogP contribution in [-0.4, -0.2) is 25.5 Å². The standard InChI is InChI=1S/C11H14F2N2O/c1-7(14-2)6-15-11(16)9-4-3-8(12)5-10(9)13/h3-5,7,14H,6H2,1-2H3,(H,15,16). The number of likely N-dealkylation sites (N-methyl/N-ethyl adjacent to an activating group) is 1. The smallest absolute Gasteiger partial charge is 0.254 e. The van der Waals surface area contributed by atoms with Gasteiger partial charge in [-0.3, -0.25) is 4.79 Å². The second kappa shape index (κ2) is 5.55. The normalized spacial score (nSPS) is 12.2. The summed E-state index contributed by atoms with van der Waals surface area (Å²) in [6.07, 6.45) is 0. The van der Waals surface area contributed by atoms with E-state index in [0.717, 1.165) is 12.1 Å². The molecule has 0 bridgehead atoms. The zero-order chi connectivity index (χ0) is 12.1. The van der Waals surface area contributed by atoms with Gasteiger partial charge in [0.25, 0.3) is 5.91 Å². The molecule has 1 aromatic carbocycles. The fraction of sp³-hybridized carbons (Fsp3) is 0.364. The van der Waals surface area contributed by atoms with Gasteiger partial charge in [0.1, 0.15) is 11.6 Å². The van der Waals surface area contributed by atoms with Crippen LogP contribution in [0, 0.1) is 11.6 Å². The molecule has 5 heteroatoms. The number of benzene rings is 1. The largest absolute Gasteiger partial charge is 0.350 e. The maximum Gasteiger partial charge on any atom is 0.254 e. The van der Waals surface area contributed by atoms with Crippen LogP contribution in [-0.2, 0) is 0 Å². The van der Waals surface area contributed by atoms with Gasteiger partial charge in [0.2, 0.25) is 0 Å². The Morgan fingerprint density at radius 3 is 2.69 bits per heavy atom. The van der Waals surface area contributed by atoms with Crippen molar-refractivity contribution in [2.24, 2.45) is 0 Å². The van der Waals surface area contributed by atoms with Crippen molar-refractivity contribution in [3.63, 3.8) is 0 Å². The summed E-state index contributed by atoms with van der Waals surface area (Å²) in [5, 5.41) is 5.47. The van der Waals surface area contributed by atoms with E-state index < -0.39 is 17.5 Å². The van der Waals surface area contributed by atoms with Gasteiger partial charge in [0.05, 0.1) is 5.56 Å². The maximum atomic E-state index is 13.2. The molecule has 0 aliphatic heterocycles. The fourth-order valence-electron chi connectivity index (χ4n) is 1.12. The maximum absolute atomic E-state index is 13.2. The number of carbonyl (C=O) groups is 1. The lowest BCUT2D eigenvalue weighted by atomic mass is 10.2. The third kappa shape index (κ3) is 3.27. The van der Waals surface area contributed by atoms with Crippen molar-refractivity contribution < 1.29 is 13.6 Å². The lowest BCUT2D eigenvalue weighted by Gasteiger charge is -2.11. The topological polar surface area (TPSA) is 41.1 Å². The monoisotopic (exact) mass is 228 g/mol. The van der Waals surface area contributed by atoms with Crippen LogP contribution in [0.15, 0.2) is 18.2 Å². The third-order valence-corrected chi connectivity index (χ3v) is 2.24. The summed E-state index contributed by atoms with van der Waals surface area (Å²) in [5.74, 6) is -2.09. The average Bonchev–Trinajstić information content (AvgIpc) is 2.25. The molecule has 88 valence electrons. The van der Waals surface area contributed by atoms with Crippen molar-refractivity contribution in [1.29, 1.82) is 0 Å². The zero-order valence-electron chi connectivity index (χ0n) is 9.18. The average molecular weight is 228 g/mol. The molecule has 1 unspecified atom stereocenters. The van der Waals surface area contributed by atoms with E-state index in [1.54, 1.807) is 7.05 Å². The van der Waals surface area contributed by atoms with E-state index in [0.29, 0.717) is 12.6 Å².